The third kappa shape index (κ3) is 4.43. The molecule has 0 amide bonds. The molecule has 0 radical (unpaired) electrons. The van der Waals surface area contributed by atoms with E-state index in [4.69, 9.17) is 0 Å². The van der Waals surface area contributed by atoms with Gasteiger partial charge in [0.2, 0.25) is 0 Å². The molecule has 0 fully saturated rings. The molecule has 0 unspecified atom stereocenters. The van der Waals surface area contributed by atoms with Crippen molar-refractivity contribution in [3.05, 3.63) is 60.6 Å². The van der Waals surface area contributed by atoms with Crippen LogP contribution >= 0.6 is 0 Å². The van der Waals surface area contributed by atoms with Gasteiger partial charge in [0.25, 0.3) is 0 Å². The number of aromatic nitrogens is 5. The predicted octanol–water partition coefficient (Wildman–Crippen LogP) is 1.26. The molecule has 3 aromatic rings. The summed E-state index contributed by atoms with van der Waals surface area (Å²) in [5.41, 5.74) is 2.14. The number of nitrogens with one attached hydrogen (secondary N) is 2. The Bertz CT molecular complexity index is 802. The molecule has 0 aromatic carbocycles. The van der Waals surface area contributed by atoms with Crippen molar-refractivity contribution in [2.24, 2.45) is 12.0 Å². The number of aliphatic imine (C=N–C) groups is 1. The highest BCUT2D eigenvalue weighted by Crippen LogP contribution is 2.06. The summed E-state index contributed by atoms with van der Waals surface area (Å²) in [5.74, 6) is 1.61. The minimum Gasteiger partial charge on any atom is -0.357 e. The molecule has 2 N–H and O–H groups in total. The summed E-state index contributed by atoms with van der Waals surface area (Å²) >= 11 is 0. The minimum absolute atomic E-state index is 0.554. The first kappa shape index (κ1) is 16.7. The molecule has 0 atom stereocenters. The largest absolute Gasteiger partial charge is 0.357 e. The molecule has 130 valence electrons. The van der Waals surface area contributed by atoms with Gasteiger partial charge in [0.1, 0.15) is 12.1 Å². The van der Waals surface area contributed by atoms with E-state index in [1.807, 2.05) is 53.8 Å². The van der Waals surface area contributed by atoms with Crippen molar-refractivity contribution in [1.82, 2.24) is 34.9 Å². The first-order valence-corrected chi connectivity index (χ1v) is 8.18. The van der Waals surface area contributed by atoms with Gasteiger partial charge in [-0.15, -0.1) is 0 Å². The van der Waals surface area contributed by atoms with Crippen LogP contribution in [-0.2, 0) is 20.1 Å². The Labute approximate surface area is 146 Å². The van der Waals surface area contributed by atoms with Gasteiger partial charge in [-0.2, -0.15) is 5.10 Å². The lowest BCUT2D eigenvalue weighted by molar-refractivity contribution is 0.685. The molecule has 8 nitrogen and oxygen atoms in total. The standard InChI is InChI=1S/C17H22N8/c1-3-19-17(22-12-15-6-7-23-24(15)2)21-11-14-4-5-16(20-10-14)25-9-8-18-13-25/h4-10,13H,3,11-12H2,1-2H3,(H2,19,21,22). The normalized spacial score (nSPS) is 11.5. The lowest BCUT2D eigenvalue weighted by Gasteiger charge is -2.11. The molecule has 0 aliphatic heterocycles. The van der Waals surface area contributed by atoms with E-state index in [1.165, 1.54) is 0 Å². The third-order valence-electron chi connectivity index (χ3n) is 3.70. The predicted molar refractivity (Wildman–Crippen MR) is 96.2 cm³/mol. The maximum absolute atomic E-state index is 4.61. The first-order valence-electron chi connectivity index (χ1n) is 8.18. The molecule has 3 aromatic heterocycles. The number of nitrogens with zero attached hydrogens (tertiary/aromatic N) is 6. The molecule has 8 heteroatoms. The number of imidazole rings is 1. The van der Waals surface area contributed by atoms with Gasteiger partial charge in [0.05, 0.1) is 18.8 Å². The van der Waals surface area contributed by atoms with Gasteiger partial charge >= 0.3 is 0 Å². The van der Waals surface area contributed by atoms with Crippen LogP contribution in [0.5, 0.6) is 0 Å². The molecule has 3 heterocycles. The monoisotopic (exact) mass is 338 g/mol. The van der Waals surface area contributed by atoms with Gasteiger partial charge in [-0.3, -0.25) is 9.25 Å². The van der Waals surface area contributed by atoms with E-state index in [-0.39, 0.29) is 0 Å². The average Bonchev–Trinajstić information content (AvgIpc) is 3.30. The molecule has 0 saturated carbocycles. The fourth-order valence-corrected chi connectivity index (χ4v) is 2.32. The van der Waals surface area contributed by atoms with Crippen molar-refractivity contribution < 1.29 is 0 Å². The van der Waals surface area contributed by atoms with Crippen LogP contribution in [0, 0.1) is 0 Å². The van der Waals surface area contributed by atoms with Crippen molar-refractivity contribution >= 4 is 5.96 Å². The van der Waals surface area contributed by atoms with Crippen LogP contribution in [0.4, 0.5) is 0 Å². The molecule has 0 spiro atoms. The van der Waals surface area contributed by atoms with E-state index in [9.17, 15) is 0 Å². The molecular weight excluding hydrogens is 316 g/mol. The second-order valence-corrected chi connectivity index (χ2v) is 5.49. The second-order valence-electron chi connectivity index (χ2n) is 5.49. The number of pyridine rings is 1. The summed E-state index contributed by atoms with van der Waals surface area (Å²) in [6, 6.07) is 5.97. The smallest absolute Gasteiger partial charge is 0.191 e. The Balaban J connectivity index is 1.61. The van der Waals surface area contributed by atoms with Crippen molar-refractivity contribution in [3.8, 4) is 5.82 Å². The van der Waals surface area contributed by atoms with Crippen LogP contribution in [0.1, 0.15) is 18.2 Å². The van der Waals surface area contributed by atoms with Crippen LogP contribution in [-0.4, -0.2) is 36.8 Å². The summed E-state index contributed by atoms with van der Waals surface area (Å²) in [4.78, 5) is 13.1. The second kappa shape index (κ2) is 8.09. The summed E-state index contributed by atoms with van der Waals surface area (Å²) in [6.45, 7) is 4.07. The van der Waals surface area contributed by atoms with Crippen molar-refractivity contribution in [3.63, 3.8) is 0 Å². The van der Waals surface area contributed by atoms with Crippen molar-refractivity contribution in [2.45, 2.75) is 20.0 Å². The topological polar surface area (TPSA) is 84.9 Å². The Morgan fingerprint density at radius 1 is 1.20 bits per heavy atom. The average molecular weight is 338 g/mol. The van der Waals surface area contributed by atoms with Crippen molar-refractivity contribution in [2.75, 3.05) is 6.54 Å². The fourth-order valence-electron chi connectivity index (χ4n) is 2.32. The summed E-state index contributed by atoms with van der Waals surface area (Å²) in [5, 5.41) is 10.7. The highest BCUT2D eigenvalue weighted by molar-refractivity contribution is 5.79. The highest BCUT2D eigenvalue weighted by atomic mass is 15.3. The van der Waals surface area contributed by atoms with Crippen LogP contribution in [0.3, 0.4) is 0 Å². The van der Waals surface area contributed by atoms with E-state index in [1.54, 1.807) is 18.7 Å². The molecular formula is C17H22N8. The Morgan fingerprint density at radius 3 is 2.76 bits per heavy atom. The quantitative estimate of drug-likeness (QED) is 0.522. The Hall–Kier alpha value is -3.16. The van der Waals surface area contributed by atoms with E-state index in [0.29, 0.717) is 13.1 Å². The van der Waals surface area contributed by atoms with Crippen LogP contribution in [0.2, 0.25) is 0 Å². The Kier molecular flexibility index (Phi) is 5.40. The van der Waals surface area contributed by atoms with Gasteiger partial charge < -0.3 is 10.6 Å². The van der Waals surface area contributed by atoms with Gasteiger partial charge in [-0.05, 0) is 24.6 Å². The zero-order valence-electron chi connectivity index (χ0n) is 14.4. The number of rotatable bonds is 6. The molecule has 0 bridgehead atoms. The van der Waals surface area contributed by atoms with Gasteiger partial charge in [-0.25, -0.2) is 15.0 Å². The van der Waals surface area contributed by atoms with Gasteiger partial charge in [-0.1, -0.05) is 6.07 Å². The van der Waals surface area contributed by atoms with E-state index < -0.39 is 0 Å². The molecule has 25 heavy (non-hydrogen) atoms. The van der Waals surface area contributed by atoms with E-state index in [2.05, 4.69) is 30.7 Å². The van der Waals surface area contributed by atoms with Crippen LogP contribution in [0.15, 0.2) is 54.3 Å². The third-order valence-corrected chi connectivity index (χ3v) is 3.70. The van der Waals surface area contributed by atoms with Crippen molar-refractivity contribution in [1.29, 1.82) is 0 Å². The minimum atomic E-state index is 0.554. The molecule has 3 rings (SSSR count). The van der Waals surface area contributed by atoms with E-state index in [0.717, 1.165) is 29.6 Å². The summed E-state index contributed by atoms with van der Waals surface area (Å²) in [6.07, 6.45) is 8.95. The zero-order valence-corrected chi connectivity index (χ0v) is 14.4. The summed E-state index contributed by atoms with van der Waals surface area (Å²) < 4.78 is 3.71. The molecule has 0 saturated heterocycles. The van der Waals surface area contributed by atoms with Gasteiger partial charge in [0, 0.05) is 38.4 Å². The van der Waals surface area contributed by atoms with Crippen LogP contribution < -0.4 is 10.6 Å². The van der Waals surface area contributed by atoms with E-state index >= 15 is 0 Å². The zero-order chi connectivity index (χ0) is 17.5. The van der Waals surface area contributed by atoms with Gasteiger partial charge in [0.15, 0.2) is 5.96 Å². The maximum Gasteiger partial charge on any atom is 0.191 e. The molecule has 0 aliphatic carbocycles. The lowest BCUT2D eigenvalue weighted by atomic mass is 10.3. The van der Waals surface area contributed by atoms with Crippen LogP contribution in [0.25, 0.3) is 5.82 Å². The SMILES string of the molecule is CCNC(=NCc1ccc(-n2ccnc2)nc1)NCc1ccnn1C. The molecule has 0 aliphatic rings. The Morgan fingerprint density at radius 2 is 2.12 bits per heavy atom. The fraction of sp³-hybridized carbons (Fsp3) is 0.294. The highest BCUT2D eigenvalue weighted by Gasteiger charge is 2.02. The number of aryl methyl sites for hydroxylation is 1. The number of guanidine groups is 1. The number of hydrogen-bond acceptors (Lipinski definition) is 4. The maximum atomic E-state index is 4.61. The number of hydrogen-bond donors (Lipinski definition) is 2. The lowest BCUT2D eigenvalue weighted by Crippen LogP contribution is -2.37. The first-order chi connectivity index (χ1) is 12.3. The summed E-state index contributed by atoms with van der Waals surface area (Å²) in [7, 11) is 1.93.